The molecule has 0 aliphatic heterocycles. The summed E-state index contributed by atoms with van der Waals surface area (Å²) in [5, 5.41) is 7.21. The summed E-state index contributed by atoms with van der Waals surface area (Å²) in [5.41, 5.74) is 9.63. The second kappa shape index (κ2) is 12.6. The SMILES string of the molecule is c1ccc(-c2cccc(-c3nc(-c4ccccc4)nc(-n4c5ccccc5c5ccc6c(c7ccccc7n6-c6ccc7c(c6)sc6ccccc67)c54)n3)c2)cc1. The van der Waals surface area contributed by atoms with Crippen molar-refractivity contribution >= 4 is 75.1 Å². The van der Waals surface area contributed by atoms with Crippen molar-refractivity contribution in [1.29, 1.82) is 0 Å². The Bertz CT molecular complexity index is 3520. The van der Waals surface area contributed by atoms with Crippen molar-refractivity contribution in [2.24, 2.45) is 0 Å². The zero-order chi connectivity index (χ0) is 37.5. The molecule has 0 N–H and O–H groups in total. The fraction of sp³-hybridized carbons (Fsp3) is 0. The van der Waals surface area contributed by atoms with Gasteiger partial charge in [-0.2, -0.15) is 9.97 Å². The maximum atomic E-state index is 5.35. The van der Waals surface area contributed by atoms with Crippen molar-refractivity contribution in [2.45, 2.75) is 0 Å². The third-order valence-corrected chi connectivity index (χ3v) is 12.3. The van der Waals surface area contributed by atoms with Crippen LogP contribution in [0.4, 0.5) is 0 Å². The van der Waals surface area contributed by atoms with E-state index in [4.69, 9.17) is 15.0 Å². The van der Waals surface area contributed by atoms with Gasteiger partial charge < -0.3 is 4.57 Å². The Morgan fingerprint density at radius 3 is 1.75 bits per heavy atom. The number of rotatable bonds is 5. The zero-order valence-electron chi connectivity index (χ0n) is 30.5. The van der Waals surface area contributed by atoms with Crippen molar-refractivity contribution in [2.75, 3.05) is 0 Å². The van der Waals surface area contributed by atoms with Crippen LogP contribution in [0.15, 0.2) is 188 Å². The minimum atomic E-state index is 0.575. The van der Waals surface area contributed by atoms with Crippen molar-refractivity contribution in [3.8, 4) is 45.5 Å². The van der Waals surface area contributed by atoms with E-state index in [0.717, 1.165) is 66.2 Å². The van der Waals surface area contributed by atoms with Gasteiger partial charge in [0.2, 0.25) is 5.95 Å². The fourth-order valence-electron chi connectivity index (χ4n) is 8.63. The van der Waals surface area contributed by atoms with Gasteiger partial charge >= 0.3 is 0 Å². The molecule has 4 heterocycles. The van der Waals surface area contributed by atoms with Gasteiger partial charge in [0.1, 0.15) is 0 Å². The maximum Gasteiger partial charge on any atom is 0.238 e. The first-order chi connectivity index (χ1) is 28.3. The van der Waals surface area contributed by atoms with E-state index in [0.29, 0.717) is 17.6 Å². The van der Waals surface area contributed by atoms with Crippen LogP contribution in [0, 0.1) is 0 Å². The first kappa shape index (κ1) is 31.9. The van der Waals surface area contributed by atoms with Gasteiger partial charge in [0.15, 0.2) is 11.6 Å². The number of nitrogens with zero attached hydrogens (tertiary/aromatic N) is 5. The molecule has 0 amide bonds. The van der Waals surface area contributed by atoms with Gasteiger partial charge in [0.05, 0.1) is 22.1 Å². The van der Waals surface area contributed by atoms with E-state index >= 15 is 0 Å². The Kier molecular flexibility index (Phi) is 7.03. The lowest BCUT2D eigenvalue weighted by Crippen LogP contribution is -2.06. The molecule has 0 unspecified atom stereocenters. The summed E-state index contributed by atoms with van der Waals surface area (Å²) in [6.07, 6.45) is 0. The highest BCUT2D eigenvalue weighted by molar-refractivity contribution is 7.25. The third kappa shape index (κ3) is 4.98. The lowest BCUT2D eigenvalue weighted by Gasteiger charge is -2.12. The van der Waals surface area contributed by atoms with Gasteiger partial charge in [0, 0.05) is 58.5 Å². The molecule has 0 spiro atoms. The van der Waals surface area contributed by atoms with Gasteiger partial charge in [-0.1, -0.05) is 146 Å². The maximum absolute atomic E-state index is 5.35. The Morgan fingerprint density at radius 2 is 0.947 bits per heavy atom. The highest BCUT2D eigenvalue weighted by Gasteiger charge is 2.23. The van der Waals surface area contributed by atoms with E-state index in [1.54, 1.807) is 0 Å². The highest BCUT2D eigenvalue weighted by Crippen LogP contribution is 2.43. The fourth-order valence-corrected chi connectivity index (χ4v) is 9.77. The van der Waals surface area contributed by atoms with E-state index in [1.807, 2.05) is 35.6 Å². The normalized spacial score (nSPS) is 11.9. The number of hydrogen-bond donors (Lipinski definition) is 0. The minimum absolute atomic E-state index is 0.575. The average molecular weight is 746 g/mol. The summed E-state index contributed by atoms with van der Waals surface area (Å²) in [6.45, 7) is 0. The Hall–Kier alpha value is -7.41. The second-order valence-corrected chi connectivity index (χ2v) is 15.5. The van der Waals surface area contributed by atoms with E-state index in [1.165, 1.54) is 25.6 Å². The highest BCUT2D eigenvalue weighted by atomic mass is 32.1. The van der Waals surface area contributed by atoms with Crippen LogP contribution in [-0.4, -0.2) is 24.1 Å². The van der Waals surface area contributed by atoms with Crippen LogP contribution in [-0.2, 0) is 0 Å². The summed E-state index contributed by atoms with van der Waals surface area (Å²) in [4.78, 5) is 15.8. The minimum Gasteiger partial charge on any atom is -0.309 e. The largest absolute Gasteiger partial charge is 0.309 e. The molecular formula is C51H31N5S. The molecule has 0 saturated heterocycles. The molecule has 12 aromatic rings. The molecule has 0 fully saturated rings. The monoisotopic (exact) mass is 745 g/mol. The van der Waals surface area contributed by atoms with Gasteiger partial charge in [-0.05, 0) is 53.6 Å². The van der Waals surface area contributed by atoms with E-state index in [9.17, 15) is 0 Å². The number of aromatic nitrogens is 5. The van der Waals surface area contributed by atoms with Crippen LogP contribution >= 0.6 is 11.3 Å². The van der Waals surface area contributed by atoms with Gasteiger partial charge in [0.25, 0.3) is 0 Å². The van der Waals surface area contributed by atoms with Crippen LogP contribution in [0.2, 0.25) is 0 Å². The van der Waals surface area contributed by atoms with Crippen LogP contribution < -0.4 is 0 Å². The molecule has 8 aromatic carbocycles. The van der Waals surface area contributed by atoms with Crippen LogP contribution in [0.25, 0.3) is 109 Å². The summed E-state index contributed by atoms with van der Waals surface area (Å²) < 4.78 is 7.26. The van der Waals surface area contributed by atoms with Gasteiger partial charge in [-0.15, -0.1) is 11.3 Å². The Labute approximate surface area is 331 Å². The quantitative estimate of drug-likeness (QED) is 0.176. The van der Waals surface area contributed by atoms with Crippen molar-refractivity contribution in [3.05, 3.63) is 188 Å². The molecule has 0 saturated carbocycles. The molecular weight excluding hydrogens is 715 g/mol. The smallest absolute Gasteiger partial charge is 0.238 e. The molecule has 0 radical (unpaired) electrons. The van der Waals surface area contributed by atoms with E-state index in [2.05, 4.69) is 173 Å². The standard InChI is InChI=1S/C51H31N5S/c1-3-14-32(15-4-1)34-18-13-19-35(30-34)50-52-49(33-16-5-2-6-17-33)53-51(54-50)56-42-23-10-7-20-37(42)40-28-29-44-47(48(40)56)41-22-8-11-24-43(41)55(44)36-26-27-39-38-21-9-12-25-45(38)57-46(39)31-36/h1-31H. The van der Waals surface area contributed by atoms with E-state index in [-0.39, 0.29) is 0 Å². The van der Waals surface area contributed by atoms with Crippen LogP contribution in [0.5, 0.6) is 0 Å². The molecule has 0 aliphatic carbocycles. The molecule has 0 bridgehead atoms. The Morgan fingerprint density at radius 1 is 0.351 bits per heavy atom. The third-order valence-electron chi connectivity index (χ3n) is 11.2. The topological polar surface area (TPSA) is 48.5 Å². The molecule has 4 aromatic heterocycles. The predicted molar refractivity (Wildman–Crippen MR) is 238 cm³/mol. The Balaban J connectivity index is 1.16. The van der Waals surface area contributed by atoms with Crippen molar-refractivity contribution < 1.29 is 0 Å². The molecule has 5 nitrogen and oxygen atoms in total. The number of thiophene rings is 1. The number of benzene rings is 8. The zero-order valence-corrected chi connectivity index (χ0v) is 31.4. The van der Waals surface area contributed by atoms with Crippen LogP contribution in [0.3, 0.4) is 0 Å². The summed E-state index contributed by atoms with van der Waals surface area (Å²) in [7, 11) is 0. The second-order valence-electron chi connectivity index (χ2n) is 14.4. The lowest BCUT2D eigenvalue weighted by atomic mass is 10.0. The first-order valence-corrected chi connectivity index (χ1v) is 19.9. The average Bonchev–Trinajstić information content (AvgIpc) is 3.94. The lowest BCUT2D eigenvalue weighted by molar-refractivity contribution is 0.955. The van der Waals surface area contributed by atoms with Crippen molar-refractivity contribution in [3.63, 3.8) is 0 Å². The molecule has 266 valence electrons. The molecule has 6 heteroatoms. The number of fused-ring (bicyclic) bond motifs is 10. The van der Waals surface area contributed by atoms with Gasteiger partial charge in [-0.3, -0.25) is 4.57 Å². The predicted octanol–water partition coefficient (Wildman–Crippen LogP) is 13.4. The van der Waals surface area contributed by atoms with Gasteiger partial charge in [-0.25, -0.2) is 4.98 Å². The van der Waals surface area contributed by atoms with E-state index < -0.39 is 0 Å². The van der Waals surface area contributed by atoms with Crippen LogP contribution in [0.1, 0.15) is 0 Å². The summed E-state index contributed by atoms with van der Waals surface area (Å²) in [5.74, 6) is 1.82. The number of para-hydroxylation sites is 2. The molecule has 0 atom stereocenters. The molecule has 0 aliphatic rings. The first-order valence-electron chi connectivity index (χ1n) is 19.1. The molecule has 12 rings (SSSR count). The molecule has 57 heavy (non-hydrogen) atoms. The summed E-state index contributed by atoms with van der Waals surface area (Å²) >= 11 is 1.85. The number of hydrogen-bond acceptors (Lipinski definition) is 4. The van der Waals surface area contributed by atoms with Crippen molar-refractivity contribution in [1.82, 2.24) is 24.1 Å². The summed E-state index contributed by atoms with van der Waals surface area (Å²) in [6, 6.07) is 66.6.